The fourth-order valence-corrected chi connectivity index (χ4v) is 2.49. The predicted octanol–water partition coefficient (Wildman–Crippen LogP) is 3.71. The van der Waals surface area contributed by atoms with Crippen LogP contribution in [0, 0.1) is 30.9 Å². The van der Waals surface area contributed by atoms with Crippen molar-refractivity contribution in [1.82, 2.24) is 0 Å². The molecule has 110 valence electrons. The van der Waals surface area contributed by atoms with Crippen molar-refractivity contribution in [2.75, 3.05) is 11.1 Å². The molecule has 2 aromatic carbocycles. The van der Waals surface area contributed by atoms with Gasteiger partial charge in [0.25, 0.3) is 5.69 Å². The van der Waals surface area contributed by atoms with Gasteiger partial charge >= 0.3 is 0 Å². The molecule has 21 heavy (non-hydrogen) atoms. The molecule has 0 aliphatic heterocycles. The number of nitro benzene ring substituents is 1. The van der Waals surface area contributed by atoms with Crippen LogP contribution < -0.4 is 11.1 Å². The second-order valence-corrected chi connectivity index (χ2v) is 5.26. The van der Waals surface area contributed by atoms with Gasteiger partial charge in [-0.05, 0) is 49.6 Å². The van der Waals surface area contributed by atoms with Gasteiger partial charge in [-0.25, -0.2) is 0 Å². The van der Waals surface area contributed by atoms with E-state index in [4.69, 9.17) is 5.73 Å². The van der Waals surface area contributed by atoms with Gasteiger partial charge in [0.2, 0.25) is 0 Å². The Morgan fingerprint density at radius 3 is 2.33 bits per heavy atom. The zero-order chi connectivity index (χ0) is 15.6. The van der Waals surface area contributed by atoms with Gasteiger partial charge in [0.05, 0.1) is 4.92 Å². The van der Waals surface area contributed by atoms with Gasteiger partial charge in [0.15, 0.2) is 0 Å². The van der Waals surface area contributed by atoms with Crippen molar-refractivity contribution in [2.45, 2.75) is 27.3 Å². The first kappa shape index (κ1) is 14.8. The standard InChI is InChI=1S/C16H19N3O2/c1-10-6-11(2)14(12(3)7-10)9-18-13-4-5-15(17)16(8-13)19(20)21/h4-8,18H,9,17H2,1-3H3. The largest absolute Gasteiger partial charge is 0.393 e. The molecular weight excluding hydrogens is 266 g/mol. The molecule has 2 aromatic rings. The van der Waals surface area contributed by atoms with Crippen molar-refractivity contribution in [3.05, 3.63) is 62.7 Å². The smallest absolute Gasteiger partial charge is 0.294 e. The first-order valence-electron chi connectivity index (χ1n) is 6.73. The van der Waals surface area contributed by atoms with E-state index in [1.54, 1.807) is 12.1 Å². The molecule has 3 N–H and O–H groups in total. The summed E-state index contributed by atoms with van der Waals surface area (Å²) in [4.78, 5) is 10.4. The highest BCUT2D eigenvalue weighted by Gasteiger charge is 2.12. The molecule has 0 atom stereocenters. The van der Waals surface area contributed by atoms with Crippen LogP contribution in [-0.4, -0.2) is 4.92 Å². The maximum absolute atomic E-state index is 10.9. The fraction of sp³-hybridized carbons (Fsp3) is 0.250. The summed E-state index contributed by atoms with van der Waals surface area (Å²) in [7, 11) is 0. The number of benzene rings is 2. The van der Waals surface area contributed by atoms with Crippen LogP contribution in [0.5, 0.6) is 0 Å². The Labute approximate surface area is 123 Å². The summed E-state index contributed by atoms with van der Waals surface area (Å²) in [6.45, 7) is 6.84. The van der Waals surface area contributed by atoms with Crippen LogP contribution in [0.1, 0.15) is 22.3 Å². The van der Waals surface area contributed by atoms with E-state index in [9.17, 15) is 10.1 Å². The lowest BCUT2D eigenvalue weighted by Gasteiger charge is -2.13. The normalized spacial score (nSPS) is 10.4. The Kier molecular flexibility index (Phi) is 4.12. The highest BCUT2D eigenvalue weighted by Crippen LogP contribution is 2.26. The van der Waals surface area contributed by atoms with Crippen molar-refractivity contribution < 1.29 is 4.92 Å². The van der Waals surface area contributed by atoms with Gasteiger partial charge in [-0.15, -0.1) is 0 Å². The second-order valence-electron chi connectivity index (χ2n) is 5.26. The zero-order valence-electron chi connectivity index (χ0n) is 12.4. The van der Waals surface area contributed by atoms with E-state index in [1.807, 2.05) is 0 Å². The van der Waals surface area contributed by atoms with Crippen molar-refractivity contribution in [1.29, 1.82) is 0 Å². The maximum Gasteiger partial charge on any atom is 0.294 e. The average molecular weight is 285 g/mol. The first-order valence-corrected chi connectivity index (χ1v) is 6.73. The summed E-state index contributed by atoms with van der Waals surface area (Å²) in [6, 6.07) is 9.04. The Morgan fingerprint density at radius 2 is 1.76 bits per heavy atom. The number of nitrogens with two attached hydrogens (primary N) is 1. The third kappa shape index (κ3) is 3.31. The Balaban J connectivity index is 2.21. The highest BCUT2D eigenvalue weighted by atomic mass is 16.6. The van der Waals surface area contributed by atoms with Crippen LogP contribution in [-0.2, 0) is 6.54 Å². The topological polar surface area (TPSA) is 81.2 Å². The Hall–Kier alpha value is -2.56. The summed E-state index contributed by atoms with van der Waals surface area (Å²) in [5.41, 5.74) is 11.3. The third-order valence-corrected chi connectivity index (χ3v) is 3.54. The molecule has 5 heteroatoms. The number of aryl methyl sites for hydroxylation is 3. The Bertz CT molecular complexity index is 673. The second kappa shape index (κ2) is 5.83. The average Bonchev–Trinajstić information content (AvgIpc) is 2.38. The minimum atomic E-state index is -0.469. The quantitative estimate of drug-likeness (QED) is 0.509. The first-order chi connectivity index (χ1) is 9.88. The molecule has 0 aromatic heterocycles. The summed E-state index contributed by atoms with van der Waals surface area (Å²) >= 11 is 0. The van der Waals surface area contributed by atoms with Crippen LogP contribution in [0.15, 0.2) is 30.3 Å². The molecule has 0 bridgehead atoms. The molecule has 0 saturated heterocycles. The minimum Gasteiger partial charge on any atom is -0.393 e. The number of nitro groups is 1. The molecule has 5 nitrogen and oxygen atoms in total. The molecule has 0 radical (unpaired) electrons. The number of nitrogens with zero attached hydrogens (tertiary/aromatic N) is 1. The van der Waals surface area contributed by atoms with Gasteiger partial charge in [-0.2, -0.15) is 0 Å². The Morgan fingerprint density at radius 1 is 1.14 bits per heavy atom. The van der Waals surface area contributed by atoms with Crippen LogP contribution in [0.4, 0.5) is 17.1 Å². The summed E-state index contributed by atoms with van der Waals surface area (Å²) in [5, 5.41) is 14.1. The molecule has 0 aliphatic rings. The third-order valence-electron chi connectivity index (χ3n) is 3.54. The monoisotopic (exact) mass is 285 g/mol. The fourth-order valence-electron chi connectivity index (χ4n) is 2.49. The molecule has 0 saturated carbocycles. The number of nitrogens with one attached hydrogen (secondary N) is 1. The van der Waals surface area contributed by atoms with Crippen molar-refractivity contribution in [3.63, 3.8) is 0 Å². The summed E-state index contributed by atoms with van der Waals surface area (Å²) in [5.74, 6) is 0. The lowest BCUT2D eigenvalue weighted by atomic mass is 10.00. The van der Waals surface area contributed by atoms with E-state index in [1.165, 1.54) is 28.3 Å². The summed E-state index contributed by atoms with van der Waals surface area (Å²) in [6.07, 6.45) is 0. The number of anilines is 2. The zero-order valence-corrected chi connectivity index (χ0v) is 12.4. The van der Waals surface area contributed by atoms with Crippen molar-refractivity contribution in [3.8, 4) is 0 Å². The lowest BCUT2D eigenvalue weighted by molar-refractivity contribution is -0.383. The molecule has 0 heterocycles. The van der Waals surface area contributed by atoms with Crippen molar-refractivity contribution in [2.24, 2.45) is 0 Å². The van der Waals surface area contributed by atoms with Gasteiger partial charge in [0, 0.05) is 18.3 Å². The van der Waals surface area contributed by atoms with Crippen molar-refractivity contribution >= 4 is 17.1 Å². The van der Waals surface area contributed by atoms with Crippen LogP contribution >= 0.6 is 0 Å². The minimum absolute atomic E-state index is 0.0719. The number of hydrogen-bond donors (Lipinski definition) is 2. The van der Waals surface area contributed by atoms with Crippen LogP contribution in [0.3, 0.4) is 0 Å². The van der Waals surface area contributed by atoms with E-state index in [-0.39, 0.29) is 11.4 Å². The molecule has 0 fully saturated rings. The van der Waals surface area contributed by atoms with Gasteiger partial charge in [0.1, 0.15) is 5.69 Å². The van der Waals surface area contributed by atoms with E-state index in [0.29, 0.717) is 12.2 Å². The van der Waals surface area contributed by atoms with Gasteiger partial charge in [-0.3, -0.25) is 10.1 Å². The van der Waals surface area contributed by atoms with E-state index >= 15 is 0 Å². The SMILES string of the molecule is Cc1cc(C)c(CNc2ccc(N)c([N+](=O)[O-])c2)c(C)c1. The molecule has 0 aliphatic carbocycles. The van der Waals surface area contributed by atoms with Gasteiger partial charge < -0.3 is 11.1 Å². The number of nitrogen functional groups attached to an aromatic ring is 1. The van der Waals surface area contributed by atoms with E-state index in [2.05, 4.69) is 38.2 Å². The lowest BCUT2D eigenvalue weighted by Crippen LogP contribution is -2.05. The maximum atomic E-state index is 10.9. The van der Waals surface area contributed by atoms with E-state index < -0.39 is 4.92 Å². The molecular formula is C16H19N3O2. The number of hydrogen-bond acceptors (Lipinski definition) is 4. The summed E-state index contributed by atoms with van der Waals surface area (Å²) < 4.78 is 0. The van der Waals surface area contributed by atoms with Gasteiger partial charge in [-0.1, -0.05) is 17.7 Å². The molecule has 0 spiro atoms. The molecule has 0 amide bonds. The molecule has 2 rings (SSSR count). The highest BCUT2D eigenvalue weighted by molar-refractivity contribution is 5.65. The van der Waals surface area contributed by atoms with Crippen LogP contribution in [0.25, 0.3) is 0 Å². The predicted molar refractivity (Wildman–Crippen MR) is 85.5 cm³/mol. The number of rotatable bonds is 4. The van der Waals surface area contributed by atoms with Crippen LogP contribution in [0.2, 0.25) is 0 Å². The molecule has 0 unspecified atom stereocenters. The van der Waals surface area contributed by atoms with E-state index in [0.717, 1.165) is 0 Å².